The molecule has 0 saturated carbocycles. The van der Waals surface area contributed by atoms with Crippen LogP contribution in [-0.4, -0.2) is 35.2 Å². The lowest BCUT2D eigenvalue weighted by Gasteiger charge is -2.23. The zero-order valence-corrected chi connectivity index (χ0v) is 20.9. The van der Waals surface area contributed by atoms with Gasteiger partial charge in [-0.2, -0.15) is 4.41 Å². The van der Waals surface area contributed by atoms with E-state index >= 15 is 0 Å². The Morgan fingerprint density at radius 2 is 1.47 bits per heavy atom. The molecule has 4 aromatic carbocycles. The number of carbonyl (C=O) groups is 2. The van der Waals surface area contributed by atoms with Crippen LogP contribution in [0.4, 0.5) is 11.4 Å². The van der Waals surface area contributed by atoms with Crippen molar-refractivity contribution >= 4 is 57.5 Å². The first-order valence-electron chi connectivity index (χ1n) is 10.8. The minimum atomic E-state index is -0.544. The molecule has 0 bridgehead atoms. The number of benzene rings is 4. The van der Waals surface area contributed by atoms with Gasteiger partial charge in [0.05, 0.1) is 4.92 Å². The maximum absolute atomic E-state index is 13.5. The summed E-state index contributed by atoms with van der Waals surface area (Å²) in [5, 5.41) is 13.4. The number of hydrogen-bond donors (Lipinski definition) is 1. The fraction of sp³-hybridized carbons (Fsp3) is 0.0769. The largest absolute Gasteiger partial charge is 0.377 e. The quantitative estimate of drug-likeness (QED) is 0.191. The number of nitro groups is 1. The first kappa shape index (κ1) is 25.0. The summed E-state index contributed by atoms with van der Waals surface area (Å²) in [6.45, 7) is 0. The summed E-state index contributed by atoms with van der Waals surface area (Å²) in [5.41, 5.74) is 4.02. The highest BCUT2D eigenvalue weighted by Crippen LogP contribution is 2.34. The highest BCUT2D eigenvalue weighted by Gasteiger charge is 2.23. The van der Waals surface area contributed by atoms with Crippen molar-refractivity contribution in [2.24, 2.45) is 0 Å². The van der Waals surface area contributed by atoms with Crippen LogP contribution in [0.2, 0.25) is 5.02 Å². The standard InChI is InChI=1S/C26H21ClN4O4S/c1-29(2)23-7-3-6-22-21(23)5-4-8-24(22)36-30(28-25(32)17-9-13-19(27)14-10-17)26(33)18-11-15-20(16-12-18)31(34)35/h3-16H,1-2H3,(H,28,32). The first-order chi connectivity index (χ1) is 17.2. The van der Waals surface area contributed by atoms with Gasteiger partial charge in [-0.1, -0.05) is 35.9 Å². The second-order valence-electron chi connectivity index (χ2n) is 7.97. The molecule has 0 unspecified atom stereocenters. The van der Waals surface area contributed by atoms with Gasteiger partial charge >= 0.3 is 0 Å². The maximum atomic E-state index is 13.5. The van der Waals surface area contributed by atoms with Gasteiger partial charge in [0.25, 0.3) is 17.5 Å². The highest BCUT2D eigenvalue weighted by molar-refractivity contribution is 7.97. The van der Waals surface area contributed by atoms with E-state index in [0.717, 1.165) is 37.7 Å². The summed E-state index contributed by atoms with van der Waals surface area (Å²) in [7, 11) is 3.90. The number of non-ortho nitro benzene ring substituents is 1. The molecule has 2 amide bonds. The Morgan fingerprint density at radius 3 is 2.11 bits per heavy atom. The van der Waals surface area contributed by atoms with Gasteiger partial charge in [-0.15, -0.1) is 0 Å². The van der Waals surface area contributed by atoms with Crippen molar-refractivity contribution in [1.29, 1.82) is 0 Å². The summed E-state index contributed by atoms with van der Waals surface area (Å²) in [6, 6.07) is 23.1. The van der Waals surface area contributed by atoms with Crippen molar-refractivity contribution < 1.29 is 14.5 Å². The van der Waals surface area contributed by atoms with Gasteiger partial charge in [-0.25, -0.2) is 5.43 Å². The fourth-order valence-corrected chi connectivity index (χ4v) is 4.60. The smallest absolute Gasteiger partial charge is 0.283 e. The van der Waals surface area contributed by atoms with E-state index in [1.807, 2.05) is 55.4 Å². The van der Waals surface area contributed by atoms with Crippen LogP contribution < -0.4 is 10.3 Å². The molecule has 0 fully saturated rings. The number of anilines is 1. The number of carbonyl (C=O) groups excluding carboxylic acids is 2. The van der Waals surface area contributed by atoms with Crippen molar-refractivity contribution in [3.63, 3.8) is 0 Å². The number of hydrazine groups is 1. The molecule has 0 heterocycles. The third-order valence-corrected chi connectivity index (χ3v) is 6.59. The van der Waals surface area contributed by atoms with E-state index in [1.54, 1.807) is 24.3 Å². The maximum Gasteiger partial charge on any atom is 0.283 e. The Bertz CT molecular complexity index is 1440. The number of nitrogens with zero attached hydrogens (tertiary/aromatic N) is 3. The number of amides is 2. The summed E-state index contributed by atoms with van der Waals surface area (Å²) < 4.78 is 1.13. The molecule has 0 aliphatic heterocycles. The third kappa shape index (κ3) is 5.42. The monoisotopic (exact) mass is 520 g/mol. The molecular weight excluding hydrogens is 500 g/mol. The number of nitrogens with one attached hydrogen (secondary N) is 1. The topological polar surface area (TPSA) is 95.8 Å². The Labute approximate surface area is 216 Å². The molecule has 182 valence electrons. The Morgan fingerprint density at radius 1 is 0.861 bits per heavy atom. The van der Waals surface area contributed by atoms with Crippen LogP contribution in [0, 0.1) is 10.1 Å². The molecule has 0 aliphatic rings. The van der Waals surface area contributed by atoms with E-state index in [4.69, 9.17) is 11.6 Å². The summed E-state index contributed by atoms with van der Waals surface area (Å²) >= 11 is 6.99. The number of hydrogen-bond acceptors (Lipinski definition) is 6. The molecule has 0 aromatic heterocycles. The van der Waals surface area contributed by atoms with Gasteiger partial charge in [-0.05, 0) is 53.9 Å². The van der Waals surface area contributed by atoms with Crippen molar-refractivity contribution in [3.05, 3.63) is 111 Å². The van der Waals surface area contributed by atoms with E-state index in [2.05, 4.69) is 5.43 Å². The van der Waals surface area contributed by atoms with Crippen LogP contribution in [0.15, 0.2) is 89.8 Å². The molecule has 4 aromatic rings. The molecule has 8 nitrogen and oxygen atoms in total. The van der Waals surface area contributed by atoms with Crippen molar-refractivity contribution in [2.75, 3.05) is 19.0 Å². The molecule has 0 radical (unpaired) electrons. The Balaban J connectivity index is 1.71. The lowest BCUT2D eigenvalue weighted by atomic mass is 10.1. The predicted molar refractivity (Wildman–Crippen MR) is 142 cm³/mol. The minimum absolute atomic E-state index is 0.138. The highest BCUT2D eigenvalue weighted by atomic mass is 35.5. The van der Waals surface area contributed by atoms with E-state index in [1.165, 1.54) is 24.3 Å². The van der Waals surface area contributed by atoms with Gasteiger partial charge in [0.1, 0.15) is 0 Å². The second kappa shape index (κ2) is 10.7. The van der Waals surface area contributed by atoms with Gasteiger partial charge in [0.2, 0.25) is 0 Å². The number of nitro benzene ring substituents is 1. The molecule has 0 aliphatic carbocycles. The molecule has 4 rings (SSSR count). The summed E-state index contributed by atoms with van der Waals surface area (Å²) in [6.07, 6.45) is 0. The first-order valence-corrected chi connectivity index (χ1v) is 11.9. The lowest BCUT2D eigenvalue weighted by molar-refractivity contribution is -0.384. The Kier molecular flexibility index (Phi) is 7.42. The fourth-order valence-electron chi connectivity index (χ4n) is 3.55. The normalized spacial score (nSPS) is 10.6. The van der Waals surface area contributed by atoms with Gasteiger partial charge in [0.15, 0.2) is 0 Å². The lowest BCUT2D eigenvalue weighted by Crippen LogP contribution is -2.41. The Hall–Kier alpha value is -4.08. The van der Waals surface area contributed by atoms with E-state index in [9.17, 15) is 19.7 Å². The van der Waals surface area contributed by atoms with E-state index < -0.39 is 16.7 Å². The van der Waals surface area contributed by atoms with Gasteiger partial charge < -0.3 is 4.90 Å². The zero-order chi connectivity index (χ0) is 25.8. The molecule has 10 heteroatoms. The van der Waals surface area contributed by atoms with Crippen LogP contribution in [0.3, 0.4) is 0 Å². The number of rotatable bonds is 6. The van der Waals surface area contributed by atoms with Crippen LogP contribution in [0.1, 0.15) is 20.7 Å². The number of fused-ring (bicyclic) bond motifs is 1. The number of halogens is 1. The molecule has 0 spiro atoms. The SMILES string of the molecule is CN(C)c1cccc2c(SN(NC(=O)c3ccc(Cl)cc3)C(=O)c3ccc([N+](=O)[O-])cc3)cccc12. The molecule has 36 heavy (non-hydrogen) atoms. The summed E-state index contributed by atoms with van der Waals surface area (Å²) in [4.78, 5) is 39.7. The van der Waals surface area contributed by atoms with Crippen LogP contribution in [-0.2, 0) is 0 Å². The van der Waals surface area contributed by atoms with Crippen molar-refractivity contribution in [3.8, 4) is 0 Å². The third-order valence-electron chi connectivity index (χ3n) is 5.35. The molecule has 0 atom stereocenters. The van der Waals surface area contributed by atoms with Crippen molar-refractivity contribution in [2.45, 2.75) is 4.90 Å². The predicted octanol–water partition coefficient (Wildman–Crippen LogP) is 5.96. The average Bonchev–Trinajstić information content (AvgIpc) is 2.88. The zero-order valence-electron chi connectivity index (χ0n) is 19.3. The van der Waals surface area contributed by atoms with Gasteiger partial charge in [-0.3, -0.25) is 19.7 Å². The van der Waals surface area contributed by atoms with Crippen LogP contribution in [0.25, 0.3) is 10.8 Å². The van der Waals surface area contributed by atoms with E-state index in [0.29, 0.717) is 10.6 Å². The minimum Gasteiger partial charge on any atom is -0.377 e. The van der Waals surface area contributed by atoms with Crippen molar-refractivity contribution in [1.82, 2.24) is 9.84 Å². The average molecular weight is 521 g/mol. The summed E-state index contributed by atoms with van der Waals surface area (Å²) in [5.74, 6) is -1.05. The van der Waals surface area contributed by atoms with Gasteiger partial charge in [0, 0.05) is 70.3 Å². The molecular formula is C26H21ClN4O4S. The van der Waals surface area contributed by atoms with E-state index in [-0.39, 0.29) is 11.3 Å². The molecule has 1 N–H and O–H groups in total. The second-order valence-corrected chi connectivity index (χ2v) is 9.39. The van der Waals surface area contributed by atoms with Crippen LogP contribution >= 0.6 is 23.5 Å². The molecule has 0 saturated heterocycles. The van der Waals surface area contributed by atoms with Crippen LogP contribution in [0.5, 0.6) is 0 Å².